The number of methoxy groups -OCH3 is 1. The molecule has 0 radical (unpaired) electrons. The fourth-order valence-corrected chi connectivity index (χ4v) is 2.60. The van der Waals surface area contributed by atoms with E-state index in [0.29, 0.717) is 12.1 Å². The van der Waals surface area contributed by atoms with Gasteiger partial charge in [0.25, 0.3) is 0 Å². The molecule has 1 heterocycles. The maximum atomic E-state index is 11.5. The fourth-order valence-electron chi connectivity index (χ4n) is 1.86. The Morgan fingerprint density at radius 1 is 1.45 bits per heavy atom. The molecule has 1 aromatic carbocycles. The number of esters is 1. The van der Waals surface area contributed by atoms with Crippen molar-refractivity contribution in [3.05, 3.63) is 52.0 Å². The third kappa shape index (κ3) is 3.43. The van der Waals surface area contributed by atoms with E-state index in [1.54, 1.807) is 23.6 Å². The molecule has 4 nitrogen and oxygen atoms in total. The van der Waals surface area contributed by atoms with Crippen LogP contribution in [0.1, 0.15) is 34.8 Å². The van der Waals surface area contributed by atoms with Crippen molar-refractivity contribution in [2.24, 2.45) is 0 Å². The van der Waals surface area contributed by atoms with E-state index in [1.807, 2.05) is 23.6 Å². The number of nitrogens with zero attached hydrogens (tertiary/aromatic N) is 1. The molecule has 106 valence electrons. The largest absolute Gasteiger partial charge is 0.465 e. The summed E-state index contributed by atoms with van der Waals surface area (Å²) in [5.74, 6) is -0.314. The Morgan fingerprint density at radius 2 is 2.25 bits per heavy atom. The van der Waals surface area contributed by atoms with Crippen molar-refractivity contribution >= 4 is 17.3 Å². The van der Waals surface area contributed by atoms with Crippen LogP contribution < -0.4 is 5.32 Å². The molecule has 0 bridgehead atoms. The lowest BCUT2D eigenvalue weighted by Crippen LogP contribution is -2.35. The van der Waals surface area contributed by atoms with E-state index >= 15 is 0 Å². The van der Waals surface area contributed by atoms with Gasteiger partial charge in [0.1, 0.15) is 5.01 Å². The van der Waals surface area contributed by atoms with Crippen LogP contribution in [0.2, 0.25) is 0 Å². The lowest BCUT2D eigenvalue weighted by atomic mass is 10.1. The summed E-state index contributed by atoms with van der Waals surface area (Å²) in [5.41, 5.74) is 1.41. The van der Waals surface area contributed by atoms with Crippen LogP contribution in [-0.2, 0) is 16.8 Å². The SMILES string of the molecule is COC(=O)c1cccc(CNC(C)(C)c2nccs2)c1. The fraction of sp³-hybridized carbons (Fsp3) is 0.333. The second-order valence-corrected chi connectivity index (χ2v) is 5.90. The van der Waals surface area contributed by atoms with E-state index in [0.717, 1.165) is 10.6 Å². The minimum atomic E-state index is -0.314. The van der Waals surface area contributed by atoms with Gasteiger partial charge in [0.15, 0.2) is 0 Å². The van der Waals surface area contributed by atoms with Gasteiger partial charge in [-0.05, 0) is 31.5 Å². The number of hydrogen-bond donors (Lipinski definition) is 1. The summed E-state index contributed by atoms with van der Waals surface area (Å²) in [5, 5.41) is 6.47. The zero-order valence-electron chi connectivity index (χ0n) is 11.8. The minimum Gasteiger partial charge on any atom is -0.465 e. The second-order valence-electron chi connectivity index (χ2n) is 5.01. The number of benzene rings is 1. The highest BCUT2D eigenvalue weighted by molar-refractivity contribution is 7.09. The molecule has 0 aliphatic carbocycles. The van der Waals surface area contributed by atoms with Crippen LogP contribution in [0.15, 0.2) is 35.8 Å². The molecule has 2 rings (SSSR count). The lowest BCUT2D eigenvalue weighted by Gasteiger charge is -2.24. The van der Waals surface area contributed by atoms with Gasteiger partial charge < -0.3 is 10.1 Å². The number of aromatic nitrogens is 1. The van der Waals surface area contributed by atoms with Crippen molar-refractivity contribution in [2.45, 2.75) is 25.9 Å². The van der Waals surface area contributed by atoms with Crippen molar-refractivity contribution in [1.29, 1.82) is 0 Å². The molecule has 1 aromatic heterocycles. The zero-order chi connectivity index (χ0) is 14.6. The monoisotopic (exact) mass is 290 g/mol. The van der Waals surface area contributed by atoms with E-state index in [4.69, 9.17) is 4.74 Å². The summed E-state index contributed by atoms with van der Waals surface area (Å²) in [6.45, 7) is 4.85. The number of ether oxygens (including phenoxy) is 1. The first kappa shape index (κ1) is 14.7. The third-order valence-electron chi connectivity index (χ3n) is 3.05. The average Bonchev–Trinajstić information content (AvgIpc) is 3.00. The third-order valence-corrected chi connectivity index (χ3v) is 4.15. The first-order valence-corrected chi connectivity index (χ1v) is 7.23. The Bertz CT molecular complexity index is 579. The Morgan fingerprint density at radius 3 is 2.90 bits per heavy atom. The van der Waals surface area contributed by atoms with Gasteiger partial charge in [-0.3, -0.25) is 0 Å². The average molecular weight is 290 g/mol. The highest BCUT2D eigenvalue weighted by Gasteiger charge is 2.22. The molecule has 2 aromatic rings. The van der Waals surface area contributed by atoms with Crippen LogP contribution in [0, 0.1) is 0 Å². The van der Waals surface area contributed by atoms with Crippen molar-refractivity contribution in [3.8, 4) is 0 Å². The Balaban J connectivity index is 2.06. The summed E-state index contributed by atoms with van der Waals surface area (Å²) >= 11 is 1.63. The lowest BCUT2D eigenvalue weighted by molar-refractivity contribution is 0.0600. The quantitative estimate of drug-likeness (QED) is 0.860. The van der Waals surface area contributed by atoms with E-state index < -0.39 is 0 Å². The van der Waals surface area contributed by atoms with Gasteiger partial charge >= 0.3 is 5.97 Å². The van der Waals surface area contributed by atoms with Gasteiger partial charge in [-0.25, -0.2) is 9.78 Å². The molecule has 0 atom stereocenters. The van der Waals surface area contributed by atoms with Crippen molar-refractivity contribution in [1.82, 2.24) is 10.3 Å². The summed E-state index contributed by atoms with van der Waals surface area (Å²) in [4.78, 5) is 15.8. The van der Waals surface area contributed by atoms with Gasteiger partial charge in [-0.2, -0.15) is 0 Å². The topological polar surface area (TPSA) is 51.2 Å². The molecular formula is C15H18N2O2S. The molecule has 0 saturated heterocycles. The van der Waals surface area contributed by atoms with Gasteiger partial charge in [0.05, 0.1) is 18.2 Å². The van der Waals surface area contributed by atoms with Crippen molar-refractivity contribution < 1.29 is 9.53 Å². The maximum Gasteiger partial charge on any atom is 0.337 e. The van der Waals surface area contributed by atoms with Crippen LogP contribution in [-0.4, -0.2) is 18.1 Å². The van der Waals surface area contributed by atoms with Crippen LogP contribution in [0.25, 0.3) is 0 Å². The number of hydrogen-bond acceptors (Lipinski definition) is 5. The van der Waals surface area contributed by atoms with Crippen LogP contribution in [0.4, 0.5) is 0 Å². The highest BCUT2D eigenvalue weighted by Crippen LogP contribution is 2.22. The molecule has 0 fully saturated rings. The molecule has 0 aliphatic heterocycles. The van der Waals surface area contributed by atoms with Gasteiger partial charge in [-0.1, -0.05) is 12.1 Å². The number of nitrogens with one attached hydrogen (secondary N) is 1. The minimum absolute atomic E-state index is 0.199. The second kappa shape index (κ2) is 6.15. The molecular weight excluding hydrogens is 272 g/mol. The molecule has 0 saturated carbocycles. The predicted molar refractivity (Wildman–Crippen MR) is 79.8 cm³/mol. The number of rotatable bonds is 5. The van der Waals surface area contributed by atoms with Crippen LogP contribution in [0.5, 0.6) is 0 Å². The van der Waals surface area contributed by atoms with E-state index in [2.05, 4.69) is 24.1 Å². The number of carbonyl (C=O) groups is 1. The molecule has 0 unspecified atom stereocenters. The van der Waals surface area contributed by atoms with Gasteiger partial charge in [-0.15, -0.1) is 11.3 Å². The van der Waals surface area contributed by atoms with Gasteiger partial charge in [0, 0.05) is 18.1 Å². The van der Waals surface area contributed by atoms with Crippen molar-refractivity contribution in [2.75, 3.05) is 7.11 Å². The molecule has 5 heteroatoms. The first-order valence-electron chi connectivity index (χ1n) is 6.35. The van der Waals surface area contributed by atoms with E-state index in [9.17, 15) is 4.79 Å². The molecule has 0 amide bonds. The Kier molecular flexibility index (Phi) is 4.52. The molecule has 20 heavy (non-hydrogen) atoms. The predicted octanol–water partition coefficient (Wildman–Crippen LogP) is 2.95. The zero-order valence-corrected chi connectivity index (χ0v) is 12.7. The number of thiazole rings is 1. The Labute approximate surface area is 122 Å². The number of carbonyl (C=O) groups excluding carboxylic acids is 1. The summed E-state index contributed by atoms with van der Waals surface area (Å²) < 4.78 is 4.73. The maximum absolute atomic E-state index is 11.5. The van der Waals surface area contributed by atoms with Crippen LogP contribution in [0.3, 0.4) is 0 Å². The standard InChI is InChI=1S/C15H18N2O2S/c1-15(2,14-16-7-8-20-14)17-10-11-5-4-6-12(9-11)13(18)19-3/h4-9,17H,10H2,1-3H3. The van der Waals surface area contributed by atoms with Crippen LogP contribution >= 0.6 is 11.3 Å². The smallest absolute Gasteiger partial charge is 0.337 e. The van der Waals surface area contributed by atoms with E-state index in [1.165, 1.54) is 7.11 Å². The Hall–Kier alpha value is -1.72. The first-order chi connectivity index (χ1) is 9.53. The summed E-state index contributed by atoms with van der Waals surface area (Å²) in [7, 11) is 1.39. The summed E-state index contributed by atoms with van der Waals surface area (Å²) in [6, 6.07) is 7.44. The normalized spacial score (nSPS) is 11.3. The highest BCUT2D eigenvalue weighted by atomic mass is 32.1. The molecule has 0 aliphatic rings. The molecule has 1 N–H and O–H groups in total. The van der Waals surface area contributed by atoms with E-state index in [-0.39, 0.29) is 11.5 Å². The summed E-state index contributed by atoms with van der Waals surface area (Å²) in [6.07, 6.45) is 1.81. The molecule has 0 spiro atoms. The van der Waals surface area contributed by atoms with Gasteiger partial charge in [0.2, 0.25) is 0 Å². The van der Waals surface area contributed by atoms with Crippen molar-refractivity contribution in [3.63, 3.8) is 0 Å².